The molecule has 130 valence electrons. The number of nitrogens with two attached hydrogens (primary N) is 2. The highest BCUT2D eigenvalue weighted by Gasteiger charge is 2.19. The van der Waals surface area contributed by atoms with Gasteiger partial charge in [0.15, 0.2) is 12.2 Å². The number of carbonyl (C=O) groups is 1. The number of aromatic nitrogens is 3. The van der Waals surface area contributed by atoms with Crippen LogP contribution in [0.25, 0.3) is 0 Å². The molecule has 0 bridgehead atoms. The minimum atomic E-state index is -0.983. The molecule has 9 heteroatoms. The highest BCUT2D eigenvalue weighted by atomic mass is 32.1. The van der Waals surface area contributed by atoms with Gasteiger partial charge in [-0.15, -0.1) is 0 Å². The van der Waals surface area contributed by atoms with Crippen LogP contribution in [0.3, 0.4) is 0 Å². The smallest absolute Gasteiger partial charge is 0.325 e. The van der Waals surface area contributed by atoms with Gasteiger partial charge in [0, 0.05) is 19.5 Å². The number of nitrogen functional groups attached to an aromatic ring is 1. The molecule has 0 aromatic carbocycles. The number of anilines is 1. The first-order valence-electron chi connectivity index (χ1n) is 7.49. The van der Waals surface area contributed by atoms with Gasteiger partial charge in [-0.3, -0.25) is 4.79 Å². The molecule has 8 nitrogen and oxygen atoms in total. The molecule has 24 heavy (non-hydrogen) atoms. The number of hydrogen-bond acceptors (Lipinski definition) is 8. The number of aliphatic hydroxyl groups is 1. The van der Waals surface area contributed by atoms with Gasteiger partial charge in [0.25, 0.3) is 0 Å². The average Bonchev–Trinajstić information content (AvgIpc) is 2.89. The summed E-state index contributed by atoms with van der Waals surface area (Å²) in [6.45, 7) is 4.19. The van der Waals surface area contributed by atoms with Crippen LogP contribution in [0.5, 0.6) is 0 Å². The van der Waals surface area contributed by atoms with E-state index in [2.05, 4.69) is 14.5 Å². The Kier molecular flexibility index (Phi) is 6.18. The molecule has 1 atom stereocenters. The van der Waals surface area contributed by atoms with Gasteiger partial charge in [0.1, 0.15) is 17.7 Å². The zero-order chi connectivity index (χ0) is 17.7. The molecular formula is C15H22N5O3S+. The van der Waals surface area contributed by atoms with E-state index in [1.165, 1.54) is 0 Å². The van der Waals surface area contributed by atoms with Gasteiger partial charge < -0.3 is 21.3 Å². The van der Waals surface area contributed by atoms with E-state index in [0.717, 1.165) is 16.1 Å². The van der Waals surface area contributed by atoms with E-state index in [9.17, 15) is 4.79 Å². The van der Waals surface area contributed by atoms with Crippen LogP contribution in [-0.4, -0.2) is 40.3 Å². The molecule has 0 aliphatic rings. The number of aryl methyl sites for hydroxylation is 1. The number of nitrogens with zero attached hydrogens (tertiary/aromatic N) is 3. The third-order valence-corrected chi connectivity index (χ3v) is 4.73. The molecule has 0 radical (unpaired) electrons. The van der Waals surface area contributed by atoms with Gasteiger partial charge in [-0.25, -0.2) is 9.97 Å². The summed E-state index contributed by atoms with van der Waals surface area (Å²) in [5.41, 5.74) is 15.2. The minimum absolute atomic E-state index is 0.226. The molecule has 2 aromatic heterocycles. The van der Waals surface area contributed by atoms with Crippen molar-refractivity contribution in [2.45, 2.75) is 32.9 Å². The second-order valence-corrected chi connectivity index (χ2v) is 6.33. The summed E-state index contributed by atoms with van der Waals surface area (Å²) in [7, 11) is 0. The van der Waals surface area contributed by atoms with Crippen molar-refractivity contribution >= 4 is 23.1 Å². The SMILES string of the molecule is Cc1ncc(C[n+]2csc(CCOC(=O)[C@@H](N)CO)c2C)c(N)n1. The molecule has 0 aliphatic carbocycles. The molecule has 2 rings (SSSR count). The second kappa shape index (κ2) is 8.13. The maximum atomic E-state index is 11.4. The fourth-order valence-corrected chi connectivity index (χ4v) is 3.07. The standard InChI is InChI=1S/C15H22N5O3S/c1-9-13(3-4-23-15(22)12(16)7-21)24-8-20(9)6-11-5-18-10(2)19-14(11)17/h5,8,12,21H,3-4,6-7,16H2,1-2H3,(H2,17,18,19)/q+1/t12-/m0/s1. The van der Waals surface area contributed by atoms with Crippen molar-refractivity contribution in [2.75, 3.05) is 18.9 Å². The van der Waals surface area contributed by atoms with E-state index in [0.29, 0.717) is 24.6 Å². The Morgan fingerprint density at radius 3 is 2.92 bits per heavy atom. The first-order chi connectivity index (χ1) is 11.4. The summed E-state index contributed by atoms with van der Waals surface area (Å²) in [4.78, 5) is 20.9. The lowest BCUT2D eigenvalue weighted by Gasteiger charge is -2.07. The molecule has 5 N–H and O–H groups in total. The topological polar surface area (TPSA) is 128 Å². The Balaban J connectivity index is 1.97. The summed E-state index contributed by atoms with van der Waals surface area (Å²) in [6, 6.07) is -0.983. The van der Waals surface area contributed by atoms with Gasteiger partial charge in [0.05, 0.1) is 23.7 Å². The third-order valence-electron chi connectivity index (χ3n) is 3.59. The molecule has 0 fully saturated rings. The van der Waals surface area contributed by atoms with Crippen molar-refractivity contribution in [3.63, 3.8) is 0 Å². The normalized spacial score (nSPS) is 12.2. The van der Waals surface area contributed by atoms with Crippen LogP contribution >= 0.6 is 11.3 Å². The molecular weight excluding hydrogens is 330 g/mol. The van der Waals surface area contributed by atoms with Crippen LogP contribution in [0, 0.1) is 13.8 Å². The minimum Gasteiger partial charge on any atom is -0.464 e. The summed E-state index contributed by atoms with van der Waals surface area (Å²) in [5, 5.41) is 8.80. The Morgan fingerprint density at radius 2 is 2.25 bits per heavy atom. The van der Waals surface area contributed by atoms with E-state index in [1.807, 2.05) is 12.4 Å². The average molecular weight is 352 g/mol. The largest absolute Gasteiger partial charge is 0.464 e. The van der Waals surface area contributed by atoms with Crippen molar-refractivity contribution in [3.05, 3.63) is 33.7 Å². The van der Waals surface area contributed by atoms with Crippen LogP contribution in [-0.2, 0) is 22.5 Å². The Morgan fingerprint density at radius 1 is 1.50 bits per heavy atom. The first-order valence-corrected chi connectivity index (χ1v) is 8.37. The van der Waals surface area contributed by atoms with Gasteiger partial charge in [-0.1, -0.05) is 11.3 Å². The second-order valence-electron chi connectivity index (χ2n) is 5.39. The Hall–Kier alpha value is -2.10. The van der Waals surface area contributed by atoms with Gasteiger partial charge >= 0.3 is 5.97 Å². The van der Waals surface area contributed by atoms with Gasteiger partial charge in [-0.05, 0) is 6.92 Å². The van der Waals surface area contributed by atoms with Crippen LogP contribution < -0.4 is 16.0 Å². The molecule has 0 aliphatic heterocycles. The Bertz CT molecular complexity index is 719. The third kappa shape index (κ3) is 4.47. The number of esters is 1. The van der Waals surface area contributed by atoms with Crippen molar-refractivity contribution in [1.29, 1.82) is 0 Å². The number of aliphatic hydroxyl groups excluding tert-OH is 1. The van der Waals surface area contributed by atoms with Gasteiger partial charge in [-0.2, -0.15) is 4.57 Å². The van der Waals surface area contributed by atoms with Crippen molar-refractivity contribution in [2.24, 2.45) is 5.73 Å². The predicted octanol–water partition coefficient (Wildman–Crippen LogP) is -0.522. The maximum Gasteiger partial charge on any atom is 0.325 e. The summed E-state index contributed by atoms with van der Waals surface area (Å²) < 4.78 is 7.11. The Labute approximate surface area is 144 Å². The van der Waals surface area contributed by atoms with Crippen molar-refractivity contribution in [3.8, 4) is 0 Å². The lowest BCUT2D eigenvalue weighted by molar-refractivity contribution is -0.689. The predicted molar refractivity (Wildman–Crippen MR) is 89.3 cm³/mol. The molecule has 0 unspecified atom stereocenters. The van der Waals surface area contributed by atoms with E-state index >= 15 is 0 Å². The van der Waals surface area contributed by atoms with Crippen LogP contribution in [0.1, 0.15) is 22.0 Å². The fraction of sp³-hybridized carbons (Fsp3) is 0.467. The number of rotatable bonds is 7. The summed E-state index contributed by atoms with van der Waals surface area (Å²) >= 11 is 1.58. The van der Waals surface area contributed by atoms with E-state index in [4.69, 9.17) is 21.3 Å². The van der Waals surface area contributed by atoms with Crippen molar-refractivity contribution in [1.82, 2.24) is 9.97 Å². The summed E-state index contributed by atoms with van der Waals surface area (Å²) in [5.74, 6) is 0.533. The highest BCUT2D eigenvalue weighted by Crippen LogP contribution is 2.14. The van der Waals surface area contributed by atoms with E-state index in [-0.39, 0.29) is 6.61 Å². The zero-order valence-corrected chi connectivity index (χ0v) is 14.5. The zero-order valence-electron chi connectivity index (χ0n) is 13.7. The molecule has 0 saturated heterocycles. The highest BCUT2D eigenvalue weighted by molar-refractivity contribution is 7.09. The van der Waals surface area contributed by atoms with Crippen LogP contribution in [0.4, 0.5) is 5.82 Å². The number of thiazole rings is 1. The first kappa shape index (κ1) is 18.2. The molecule has 2 aromatic rings. The molecule has 0 spiro atoms. The molecule has 2 heterocycles. The number of hydrogen-bond donors (Lipinski definition) is 3. The fourth-order valence-electron chi connectivity index (χ4n) is 2.09. The molecule has 0 amide bonds. The van der Waals surface area contributed by atoms with Gasteiger partial charge in [0.2, 0.25) is 5.51 Å². The monoisotopic (exact) mass is 352 g/mol. The summed E-state index contributed by atoms with van der Waals surface area (Å²) in [6.07, 6.45) is 2.33. The van der Waals surface area contributed by atoms with E-state index in [1.54, 1.807) is 24.5 Å². The quantitative estimate of drug-likeness (QED) is 0.452. The van der Waals surface area contributed by atoms with Crippen LogP contribution in [0.15, 0.2) is 11.7 Å². The van der Waals surface area contributed by atoms with E-state index < -0.39 is 18.6 Å². The van der Waals surface area contributed by atoms with Crippen molar-refractivity contribution < 1.29 is 19.2 Å². The maximum absolute atomic E-state index is 11.4. The van der Waals surface area contributed by atoms with Crippen LogP contribution in [0.2, 0.25) is 0 Å². The number of ether oxygens (including phenoxy) is 1. The number of carbonyl (C=O) groups excluding carboxylic acids is 1. The molecule has 0 saturated carbocycles. The lowest BCUT2D eigenvalue weighted by Crippen LogP contribution is -2.36. The lowest BCUT2D eigenvalue weighted by atomic mass is 10.2.